The predicted octanol–water partition coefficient (Wildman–Crippen LogP) is 6.27. The van der Waals surface area contributed by atoms with Gasteiger partial charge in [0.25, 0.3) is 0 Å². The Kier molecular flexibility index (Phi) is 6.59. The van der Waals surface area contributed by atoms with Gasteiger partial charge in [-0.1, -0.05) is 0 Å². The van der Waals surface area contributed by atoms with Crippen molar-refractivity contribution < 1.29 is 21.0 Å². The van der Waals surface area contributed by atoms with E-state index in [4.69, 9.17) is 0 Å². The van der Waals surface area contributed by atoms with Crippen LogP contribution in [0, 0.1) is 0 Å². The van der Waals surface area contributed by atoms with Crippen LogP contribution in [0.5, 0.6) is 0 Å². The normalized spacial score (nSPS) is 14.2. The molecule has 0 unspecified atom stereocenters. The zero-order chi connectivity index (χ0) is 15.1. The minimum absolute atomic E-state index is 0. The Morgan fingerprint density at radius 2 is 1.42 bits per heavy atom. The van der Waals surface area contributed by atoms with E-state index in [0.717, 1.165) is 0 Å². The summed E-state index contributed by atoms with van der Waals surface area (Å²) < 4.78 is 4.16. The molecule has 0 radical (unpaired) electrons. The Morgan fingerprint density at radius 3 is 1.88 bits per heavy atom. The van der Waals surface area contributed by atoms with Gasteiger partial charge in [-0.25, -0.2) is 0 Å². The molecule has 0 aliphatic heterocycles. The molecule has 0 fully saturated rings. The molecule has 0 nitrogen and oxygen atoms in total. The zero-order valence-electron chi connectivity index (χ0n) is 14.0. The summed E-state index contributed by atoms with van der Waals surface area (Å²) in [5.74, 6) is 0. The van der Waals surface area contributed by atoms with Gasteiger partial charge in [-0.05, 0) is 0 Å². The Balaban J connectivity index is 0.00000104. The van der Waals surface area contributed by atoms with Gasteiger partial charge in [-0.3, -0.25) is 0 Å². The fraction of sp³-hybridized carbons (Fsp3) is 0.190. The molecule has 24 heavy (non-hydrogen) atoms. The second-order valence-electron chi connectivity index (χ2n) is 6.35. The third-order valence-electron chi connectivity index (χ3n) is 4.78. The van der Waals surface area contributed by atoms with E-state index in [1.165, 1.54) is 17.5 Å². The van der Waals surface area contributed by atoms with E-state index in [9.17, 15) is 0 Å². The number of hydrogen-bond acceptors (Lipinski definition) is 0. The van der Waals surface area contributed by atoms with Gasteiger partial charge < -0.3 is 0 Å². The molecule has 3 heteroatoms. The average molecular weight is 524 g/mol. The minimum Gasteiger partial charge on any atom is -0.147 e. The quantitative estimate of drug-likeness (QED) is 0.407. The molecule has 2 aromatic carbocycles. The van der Waals surface area contributed by atoms with Crippen LogP contribution in [0.2, 0.25) is 0 Å². The van der Waals surface area contributed by atoms with Crippen molar-refractivity contribution in [2.75, 3.05) is 0 Å². The van der Waals surface area contributed by atoms with Gasteiger partial charge in [-0.2, -0.15) is 0 Å². The topological polar surface area (TPSA) is 0 Å². The number of fused-ring (bicyclic) bond motifs is 3. The molecule has 2 aromatic rings. The molecule has 2 aliphatic rings. The van der Waals surface area contributed by atoms with Crippen LogP contribution in [0.1, 0.15) is 35.1 Å². The van der Waals surface area contributed by atoms with Crippen molar-refractivity contribution in [3.8, 4) is 11.1 Å². The first-order valence-corrected chi connectivity index (χ1v) is 13.7. The van der Waals surface area contributed by atoms with Gasteiger partial charge in [0.1, 0.15) is 0 Å². The van der Waals surface area contributed by atoms with Gasteiger partial charge in [0.05, 0.1) is 0 Å². The van der Waals surface area contributed by atoms with Gasteiger partial charge in [0.15, 0.2) is 0 Å². The molecule has 0 heterocycles. The van der Waals surface area contributed by atoms with Gasteiger partial charge >= 0.3 is 140 Å². The first-order valence-electron chi connectivity index (χ1n) is 7.99. The molecule has 0 N–H and O–H groups in total. The van der Waals surface area contributed by atoms with E-state index >= 15 is 0 Å². The Bertz CT molecular complexity index is 797. The summed E-state index contributed by atoms with van der Waals surface area (Å²) in [5.41, 5.74) is 6.11. The van der Waals surface area contributed by atoms with Crippen LogP contribution in [-0.4, -0.2) is 3.26 Å². The maximum absolute atomic E-state index is 2.42. The number of benzene rings is 2. The van der Waals surface area contributed by atoms with Crippen molar-refractivity contribution in [2.45, 2.75) is 23.9 Å². The van der Waals surface area contributed by atoms with Crippen LogP contribution < -0.4 is 0 Å². The maximum Gasteiger partial charge on any atom is -0.147 e. The molecule has 0 aromatic heterocycles. The maximum atomic E-state index is 2.42. The third-order valence-corrected chi connectivity index (χ3v) is 16.8. The average Bonchev–Trinajstić information content (AvgIpc) is 3.16. The van der Waals surface area contributed by atoms with E-state index in [-0.39, 0.29) is 24.8 Å². The third kappa shape index (κ3) is 3.19. The molecular weight excluding hydrogens is 502 g/mol. The van der Waals surface area contributed by atoms with Crippen molar-refractivity contribution in [2.24, 2.45) is 0 Å². The van der Waals surface area contributed by atoms with Crippen LogP contribution in [0.3, 0.4) is 0 Å². The standard InChI is InChI=1S/C13H9.C5H5.C3H6.2ClH.Hf/c1-3-7-12-10(5-1)9-11-6-2-4-8-13(11)12;1-2-4-5-3-1;1-3-2;;;/h1-9H;1-3H,4H2;1-2H3;2*1H;. The monoisotopic (exact) mass is 524 g/mol. The van der Waals surface area contributed by atoms with Gasteiger partial charge in [0.2, 0.25) is 0 Å². The number of hydrogen-bond donors (Lipinski definition) is 0. The van der Waals surface area contributed by atoms with E-state index < -0.39 is 21.0 Å². The smallest absolute Gasteiger partial charge is 0.147 e. The molecule has 0 amide bonds. The molecule has 0 saturated heterocycles. The summed E-state index contributed by atoms with van der Waals surface area (Å²) in [6.45, 7) is 4.76. The SMILES string of the molecule is C[C](C)=[Hf]([C]1=CC=CC1)[CH]1c2ccccc2-c2ccccc21.Cl.Cl. The summed E-state index contributed by atoms with van der Waals surface area (Å²) >= 11 is -2.06. The van der Waals surface area contributed by atoms with E-state index in [1.54, 1.807) is 17.7 Å². The Morgan fingerprint density at radius 1 is 0.875 bits per heavy atom. The molecular formula is C21H22Cl2Hf. The fourth-order valence-electron chi connectivity index (χ4n) is 3.91. The van der Waals surface area contributed by atoms with Gasteiger partial charge in [0, 0.05) is 0 Å². The molecule has 124 valence electrons. The van der Waals surface area contributed by atoms with Crippen molar-refractivity contribution in [1.82, 2.24) is 0 Å². The number of allylic oxidation sites excluding steroid dienone is 4. The van der Waals surface area contributed by atoms with E-state index in [1.807, 2.05) is 0 Å². The summed E-state index contributed by atoms with van der Waals surface area (Å²) in [7, 11) is 0. The van der Waals surface area contributed by atoms with Crippen LogP contribution in [-0.2, 0) is 21.0 Å². The summed E-state index contributed by atoms with van der Waals surface area (Å²) in [5, 5.41) is 0. The minimum atomic E-state index is -2.06. The molecule has 0 spiro atoms. The second kappa shape index (κ2) is 8.08. The van der Waals surface area contributed by atoms with E-state index in [0.29, 0.717) is 3.67 Å². The Hall–Kier alpha value is -0.760. The van der Waals surface area contributed by atoms with Crippen molar-refractivity contribution >= 4 is 28.1 Å². The van der Waals surface area contributed by atoms with Crippen LogP contribution in [0.15, 0.2) is 70.1 Å². The fourth-order valence-corrected chi connectivity index (χ4v) is 15.9. The molecule has 0 bridgehead atoms. The first-order chi connectivity index (χ1) is 10.8. The van der Waals surface area contributed by atoms with Gasteiger partial charge in [-0.15, -0.1) is 24.8 Å². The van der Waals surface area contributed by atoms with Crippen molar-refractivity contribution in [1.29, 1.82) is 0 Å². The van der Waals surface area contributed by atoms with Crippen LogP contribution in [0.4, 0.5) is 0 Å². The summed E-state index contributed by atoms with van der Waals surface area (Å²) in [6, 6.07) is 18.2. The van der Waals surface area contributed by atoms with Crippen LogP contribution in [0.25, 0.3) is 11.1 Å². The number of rotatable bonds is 2. The van der Waals surface area contributed by atoms with Crippen molar-refractivity contribution in [3.63, 3.8) is 0 Å². The second-order valence-corrected chi connectivity index (χ2v) is 17.3. The Labute approximate surface area is 164 Å². The predicted molar refractivity (Wildman–Crippen MR) is 106 cm³/mol. The molecule has 0 atom stereocenters. The number of halogens is 2. The largest absolute Gasteiger partial charge is 0.147 e. The molecule has 2 aliphatic carbocycles. The first kappa shape index (κ1) is 19.6. The molecule has 0 saturated carbocycles. The zero-order valence-corrected chi connectivity index (χ0v) is 19.2. The molecule has 4 rings (SSSR count). The summed E-state index contributed by atoms with van der Waals surface area (Å²) in [6.07, 6.45) is 8.19. The van der Waals surface area contributed by atoms with Crippen LogP contribution >= 0.6 is 24.8 Å². The summed E-state index contributed by atoms with van der Waals surface area (Å²) in [4.78, 5) is 0. The van der Waals surface area contributed by atoms with E-state index in [2.05, 4.69) is 80.6 Å². The van der Waals surface area contributed by atoms with Crippen molar-refractivity contribution in [3.05, 3.63) is 81.2 Å².